The van der Waals surface area contributed by atoms with Crippen molar-refractivity contribution in [3.05, 3.63) is 178 Å². The molecule has 302 valence electrons. The summed E-state index contributed by atoms with van der Waals surface area (Å²) in [6.07, 6.45) is -1.20. The molecule has 0 spiro atoms. The number of carbonyl (C=O) groups excluding carboxylic acids is 5. The Balaban J connectivity index is 0.962. The van der Waals surface area contributed by atoms with Crippen LogP contribution in [0.4, 0.5) is 0 Å². The Hall–Kier alpha value is -5.62. The second kappa shape index (κ2) is 19.0. The predicted molar refractivity (Wildman–Crippen MR) is 227 cm³/mol. The van der Waals surface area contributed by atoms with Crippen molar-refractivity contribution in [2.75, 3.05) is 12.3 Å². The van der Waals surface area contributed by atoms with Gasteiger partial charge in [-0.05, 0) is 59.4 Å². The highest BCUT2D eigenvalue weighted by Gasteiger charge is 2.57. The number of esters is 2. The Morgan fingerprint density at radius 2 is 1.22 bits per heavy atom. The summed E-state index contributed by atoms with van der Waals surface area (Å²) in [5.41, 5.74) is 3.37. The highest BCUT2D eigenvalue weighted by Crippen LogP contribution is 2.42. The van der Waals surface area contributed by atoms with Gasteiger partial charge in [-0.3, -0.25) is 19.2 Å². The molecule has 3 unspecified atom stereocenters. The maximum atomic E-state index is 13.9. The van der Waals surface area contributed by atoms with E-state index in [9.17, 15) is 24.0 Å². The second-order valence-electron chi connectivity index (χ2n) is 14.3. The van der Waals surface area contributed by atoms with E-state index in [4.69, 9.17) is 32.7 Å². The van der Waals surface area contributed by atoms with E-state index in [1.807, 2.05) is 121 Å². The van der Waals surface area contributed by atoms with E-state index >= 15 is 0 Å². The number of hydrogen-bond donors (Lipinski definition) is 2. The molecule has 0 saturated carbocycles. The fourth-order valence-electron chi connectivity index (χ4n) is 7.05. The van der Waals surface area contributed by atoms with Crippen molar-refractivity contribution in [1.82, 2.24) is 15.5 Å². The van der Waals surface area contributed by atoms with Gasteiger partial charge in [0.05, 0.1) is 6.54 Å². The van der Waals surface area contributed by atoms with Gasteiger partial charge in [0.2, 0.25) is 11.8 Å². The number of β-lactam (4-membered cyclic amide) rings is 1. The molecule has 13 heteroatoms. The molecule has 7 rings (SSSR count). The standard InChI is InChI=1S/C46H41Cl2N3O7S/c47-35-26-24-34(25-27-35)41(53)49-36(44(55)57-39(30-14-5-1-6-15-30)31-16-7-2-8-17-31)22-13-23-37(52)50-38-42(54)51-28-46(48,29-59-43(38)51)45(56)58-40(32-18-9-3-10-19-32)33-20-11-4-12-21-33/h1-12,14-21,24-27,36,38-40,43H,13,22-23,28-29H2,(H,49,53)(H,50,52)/t36?,38?,43-,46?/m1/s1. The summed E-state index contributed by atoms with van der Waals surface area (Å²) in [7, 11) is 0. The number of nitrogens with zero attached hydrogens (tertiary/aromatic N) is 1. The third kappa shape index (κ3) is 9.99. The van der Waals surface area contributed by atoms with Crippen LogP contribution in [0.3, 0.4) is 0 Å². The van der Waals surface area contributed by atoms with Gasteiger partial charge in [-0.15, -0.1) is 23.4 Å². The molecule has 2 aliphatic rings. The van der Waals surface area contributed by atoms with Crippen LogP contribution in [0.25, 0.3) is 0 Å². The van der Waals surface area contributed by atoms with Crippen molar-refractivity contribution in [2.45, 2.75) is 53.8 Å². The lowest BCUT2D eigenvalue weighted by Gasteiger charge is -2.52. The summed E-state index contributed by atoms with van der Waals surface area (Å²) in [6, 6.07) is 41.6. The molecule has 0 aliphatic carbocycles. The number of hydrogen-bond acceptors (Lipinski definition) is 8. The van der Waals surface area contributed by atoms with Crippen molar-refractivity contribution >= 4 is 64.6 Å². The average molecular weight is 851 g/mol. The number of alkyl halides is 1. The van der Waals surface area contributed by atoms with Crippen molar-refractivity contribution in [3.63, 3.8) is 0 Å². The first-order valence-electron chi connectivity index (χ1n) is 19.2. The summed E-state index contributed by atoms with van der Waals surface area (Å²) in [5, 5.41) is 5.65. The number of carbonyl (C=O) groups is 5. The van der Waals surface area contributed by atoms with Gasteiger partial charge in [0.1, 0.15) is 17.5 Å². The third-order valence-corrected chi connectivity index (χ3v) is 12.5. The zero-order valence-corrected chi connectivity index (χ0v) is 34.1. The predicted octanol–water partition coefficient (Wildman–Crippen LogP) is 7.65. The van der Waals surface area contributed by atoms with Crippen LogP contribution >= 0.6 is 35.0 Å². The Morgan fingerprint density at radius 3 is 1.73 bits per heavy atom. The van der Waals surface area contributed by atoms with E-state index in [2.05, 4.69) is 10.6 Å². The van der Waals surface area contributed by atoms with Gasteiger partial charge in [0.25, 0.3) is 5.91 Å². The van der Waals surface area contributed by atoms with E-state index < -0.39 is 58.3 Å². The summed E-state index contributed by atoms with van der Waals surface area (Å²) in [5.74, 6) is -2.42. The number of amides is 3. The van der Waals surface area contributed by atoms with Crippen LogP contribution in [-0.4, -0.2) is 69.2 Å². The van der Waals surface area contributed by atoms with Gasteiger partial charge in [0, 0.05) is 22.8 Å². The summed E-state index contributed by atoms with van der Waals surface area (Å²) < 4.78 is 12.1. The molecule has 2 heterocycles. The van der Waals surface area contributed by atoms with Crippen molar-refractivity contribution in [2.24, 2.45) is 0 Å². The van der Waals surface area contributed by atoms with Crippen molar-refractivity contribution in [1.29, 1.82) is 0 Å². The first-order valence-corrected chi connectivity index (χ1v) is 21.0. The maximum absolute atomic E-state index is 13.9. The smallest absolute Gasteiger partial charge is 0.330 e. The Kier molecular flexibility index (Phi) is 13.4. The largest absolute Gasteiger partial charge is 0.451 e. The van der Waals surface area contributed by atoms with Gasteiger partial charge in [0.15, 0.2) is 17.1 Å². The first kappa shape index (κ1) is 41.5. The van der Waals surface area contributed by atoms with Crippen LogP contribution < -0.4 is 10.6 Å². The molecule has 2 aliphatic heterocycles. The van der Waals surface area contributed by atoms with Gasteiger partial charge < -0.3 is 25.0 Å². The highest BCUT2D eigenvalue weighted by molar-refractivity contribution is 8.00. The lowest BCUT2D eigenvalue weighted by Crippen LogP contribution is -2.74. The number of rotatable bonds is 15. The molecule has 0 radical (unpaired) electrons. The van der Waals surface area contributed by atoms with E-state index in [0.717, 1.165) is 22.3 Å². The number of benzene rings is 5. The molecular formula is C46H41Cl2N3O7S. The molecule has 10 nitrogen and oxygen atoms in total. The van der Waals surface area contributed by atoms with Crippen LogP contribution in [0.2, 0.25) is 5.02 Å². The number of fused-ring (bicyclic) bond motifs is 1. The van der Waals surface area contributed by atoms with Crippen LogP contribution in [0.1, 0.15) is 64.1 Å². The normalized spacial score (nSPS) is 18.9. The lowest BCUT2D eigenvalue weighted by atomic mass is 10.00. The van der Waals surface area contributed by atoms with Crippen molar-refractivity contribution in [3.8, 4) is 0 Å². The van der Waals surface area contributed by atoms with E-state index in [1.165, 1.54) is 16.7 Å². The summed E-state index contributed by atoms with van der Waals surface area (Å²) in [6.45, 7) is -0.0728. The van der Waals surface area contributed by atoms with Gasteiger partial charge in [-0.25, -0.2) is 4.79 Å². The molecule has 2 N–H and O–H groups in total. The number of nitrogens with one attached hydrogen (secondary N) is 2. The van der Waals surface area contributed by atoms with Crippen LogP contribution in [-0.2, 0) is 28.7 Å². The SMILES string of the molecule is O=C(CCCC(NC(=O)c1ccc(Cl)cc1)C(=O)OC(c1ccccc1)c1ccccc1)NC1C(=O)N2CC(Cl)(C(=O)OC(c3ccccc3)c3ccccc3)CS[C@H]12. The summed E-state index contributed by atoms with van der Waals surface area (Å²) in [4.78, 5) is 67.5. The molecule has 5 aromatic rings. The van der Waals surface area contributed by atoms with Crippen LogP contribution in [0.15, 0.2) is 146 Å². The Labute approximate surface area is 356 Å². The highest BCUT2D eigenvalue weighted by atomic mass is 35.5. The maximum Gasteiger partial charge on any atom is 0.330 e. The molecule has 2 fully saturated rings. The first-order chi connectivity index (χ1) is 28.6. The number of thioether (sulfide) groups is 1. The quantitative estimate of drug-likeness (QED) is 0.0625. The number of ether oxygens (including phenoxy) is 2. The summed E-state index contributed by atoms with van der Waals surface area (Å²) >= 11 is 14.2. The molecule has 3 amide bonds. The Bertz CT molecular complexity index is 2180. The molecule has 2 saturated heterocycles. The zero-order chi connectivity index (χ0) is 41.4. The molecule has 5 aromatic carbocycles. The molecule has 4 atom stereocenters. The average Bonchev–Trinajstić information content (AvgIpc) is 3.27. The fraction of sp³-hybridized carbons (Fsp3) is 0.239. The Morgan fingerprint density at radius 1 is 0.729 bits per heavy atom. The molecule has 59 heavy (non-hydrogen) atoms. The van der Waals surface area contributed by atoms with Crippen molar-refractivity contribution < 1.29 is 33.4 Å². The van der Waals surface area contributed by atoms with Crippen LogP contribution in [0, 0.1) is 0 Å². The van der Waals surface area contributed by atoms with Gasteiger partial charge in [-0.1, -0.05) is 133 Å². The molecule has 0 aromatic heterocycles. The lowest BCUT2D eigenvalue weighted by molar-refractivity contribution is -0.156. The third-order valence-electron chi connectivity index (χ3n) is 10.2. The number of halogens is 2. The van der Waals surface area contributed by atoms with E-state index in [0.29, 0.717) is 10.6 Å². The topological polar surface area (TPSA) is 131 Å². The van der Waals surface area contributed by atoms with Gasteiger partial charge in [-0.2, -0.15) is 0 Å². The minimum atomic E-state index is -1.49. The van der Waals surface area contributed by atoms with Crippen LogP contribution in [0.5, 0.6) is 0 Å². The van der Waals surface area contributed by atoms with Gasteiger partial charge >= 0.3 is 11.9 Å². The minimum absolute atomic E-state index is 0.0330. The second-order valence-corrected chi connectivity index (χ2v) is 16.6. The minimum Gasteiger partial charge on any atom is -0.451 e. The monoisotopic (exact) mass is 849 g/mol. The zero-order valence-electron chi connectivity index (χ0n) is 31.7. The molecule has 0 bridgehead atoms. The fourth-order valence-corrected chi connectivity index (χ4v) is 8.92. The van der Waals surface area contributed by atoms with E-state index in [-0.39, 0.29) is 37.5 Å². The van der Waals surface area contributed by atoms with E-state index in [1.54, 1.807) is 24.3 Å². The molecular weight excluding hydrogens is 809 g/mol.